The lowest BCUT2D eigenvalue weighted by molar-refractivity contribution is 0.0526. The Hall–Kier alpha value is -2.30. The number of nitrogens with one attached hydrogen (secondary N) is 2. The van der Waals surface area contributed by atoms with E-state index in [1.807, 2.05) is 58.9 Å². The van der Waals surface area contributed by atoms with Crippen LogP contribution in [-0.2, 0) is 4.74 Å². The van der Waals surface area contributed by atoms with Crippen LogP contribution in [-0.4, -0.2) is 29.3 Å². The molecular weight excluding hydrogens is 290 g/mol. The Morgan fingerprint density at radius 3 is 2.70 bits per heavy atom. The molecule has 1 atom stereocenters. The summed E-state index contributed by atoms with van der Waals surface area (Å²) in [5.41, 5.74) is 2.39. The van der Waals surface area contributed by atoms with Crippen LogP contribution in [0.3, 0.4) is 0 Å². The standard InChI is InChI=1S/C18H25N3O2/c1-12-9-10-14-7-6-8-15(16(14)21-12)20-13(2)11-19-17(22)23-18(3,4)5/h6-10,13,20H,11H2,1-5H3,(H,19,22). The van der Waals surface area contributed by atoms with Crippen LogP contribution < -0.4 is 10.6 Å². The van der Waals surface area contributed by atoms with Gasteiger partial charge in [-0.2, -0.15) is 0 Å². The maximum absolute atomic E-state index is 11.7. The van der Waals surface area contributed by atoms with Crippen LogP contribution in [0.5, 0.6) is 0 Å². The van der Waals surface area contributed by atoms with Gasteiger partial charge in [-0.1, -0.05) is 18.2 Å². The lowest BCUT2D eigenvalue weighted by atomic mass is 10.1. The van der Waals surface area contributed by atoms with E-state index in [4.69, 9.17) is 4.74 Å². The molecule has 5 nitrogen and oxygen atoms in total. The predicted octanol–water partition coefficient (Wildman–Crippen LogP) is 3.87. The molecule has 5 heteroatoms. The molecule has 0 radical (unpaired) electrons. The van der Waals surface area contributed by atoms with Crippen molar-refractivity contribution in [2.75, 3.05) is 11.9 Å². The SMILES string of the molecule is Cc1ccc2cccc(NC(C)CNC(=O)OC(C)(C)C)c2n1. The summed E-state index contributed by atoms with van der Waals surface area (Å²) in [4.78, 5) is 16.3. The molecule has 1 aromatic carbocycles. The molecule has 0 aliphatic heterocycles. The van der Waals surface area contributed by atoms with Gasteiger partial charge in [0.2, 0.25) is 0 Å². The maximum atomic E-state index is 11.7. The molecule has 1 unspecified atom stereocenters. The minimum atomic E-state index is -0.488. The van der Waals surface area contributed by atoms with Crippen LogP contribution in [0, 0.1) is 6.92 Å². The first-order valence-electron chi connectivity index (χ1n) is 7.84. The molecule has 0 aliphatic rings. The summed E-state index contributed by atoms with van der Waals surface area (Å²) >= 11 is 0. The van der Waals surface area contributed by atoms with E-state index in [1.54, 1.807) is 0 Å². The van der Waals surface area contributed by atoms with E-state index in [2.05, 4.69) is 21.7 Å². The number of ether oxygens (including phenoxy) is 1. The predicted molar refractivity (Wildman–Crippen MR) is 93.8 cm³/mol. The van der Waals surface area contributed by atoms with Crippen molar-refractivity contribution >= 4 is 22.7 Å². The number of hydrogen-bond acceptors (Lipinski definition) is 4. The van der Waals surface area contributed by atoms with Crippen LogP contribution in [0.25, 0.3) is 10.9 Å². The summed E-state index contributed by atoms with van der Waals surface area (Å²) in [5.74, 6) is 0. The smallest absolute Gasteiger partial charge is 0.407 e. The molecule has 0 saturated heterocycles. The molecule has 0 fully saturated rings. The number of anilines is 1. The zero-order chi connectivity index (χ0) is 17.0. The zero-order valence-electron chi connectivity index (χ0n) is 14.4. The number of alkyl carbamates (subject to hydrolysis) is 1. The first-order valence-corrected chi connectivity index (χ1v) is 7.84. The van der Waals surface area contributed by atoms with E-state index < -0.39 is 11.7 Å². The van der Waals surface area contributed by atoms with Gasteiger partial charge in [0.25, 0.3) is 0 Å². The molecular formula is C18H25N3O2. The van der Waals surface area contributed by atoms with Gasteiger partial charge in [-0.15, -0.1) is 0 Å². The van der Waals surface area contributed by atoms with E-state index >= 15 is 0 Å². The maximum Gasteiger partial charge on any atom is 0.407 e. The second kappa shape index (κ2) is 6.86. The fraction of sp³-hybridized carbons (Fsp3) is 0.444. The van der Waals surface area contributed by atoms with E-state index in [1.165, 1.54) is 0 Å². The summed E-state index contributed by atoms with van der Waals surface area (Å²) < 4.78 is 5.23. The summed E-state index contributed by atoms with van der Waals surface area (Å²) in [6.45, 7) is 9.99. The highest BCUT2D eigenvalue weighted by molar-refractivity contribution is 5.90. The Balaban J connectivity index is 1.99. The normalized spacial score (nSPS) is 12.7. The fourth-order valence-corrected chi connectivity index (χ4v) is 2.23. The average Bonchev–Trinajstić information content (AvgIpc) is 2.44. The van der Waals surface area contributed by atoms with Gasteiger partial charge < -0.3 is 15.4 Å². The van der Waals surface area contributed by atoms with Crippen LogP contribution in [0.15, 0.2) is 30.3 Å². The highest BCUT2D eigenvalue weighted by Gasteiger charge is 2.16. The second-order valence-electron chi connectivity index (χ2n) is 6.76. The highest BCUT2D eigenvalue weighted by Crippen LogP contribution is 2.22. The number of hydrogen-bond donors (Lipinski definition) is 2. The van der Waals surface area contributed by atoms with E-state index in [9.17, 15) is 4.79 Å². The van der Waals surface area contributed by atoms with E-state index in [-0.39, 0.29) is 6.04 Å². The number of carbonyl (C=O) groups is 1. The molecule has 1 heterocycles. The van der Waals surface area contributed by atoms with Crippen molar-refractivity contribution in [3.05, 3.63) is 36.0 Å². The molecule has 1 aromatic heterocycles. The Labute approximate surface area is 137 Å². The Morgan fingerprint density at radius 1 is 1.26 bits per heavy atom. The van der Waals surface area contributed by atoms with Crippen molar-refractivity contribution in [1.82, 2.24) is 10.3 Å². The van der Waals surface area contributed by atoms with Crippen LogP contribution in [0.1, 0.15) is 33.4 Å². The number of fused-ring (bicyclic) bond motifs is 1. The number of carbonyl (C=O) groups excluding carboxylic acids is 1. The average molecular weight is 315 g/mol. The number of benzene rings is 1. The summed E-state index contributed by atoms with van der Waals surface area (Å²) in [5, 5.41) is 7.26. The first-order chi connectivity index (χ1) is 10.7. The van der Waals surface area contributed by atoms with Gasteiger partial charge in [-0.3, -0.25) is 4.98 Å². The molecule has 1 amide bonds. The van der Waals surface area contributed by atoms with Crippen LogP contribution >= 0.6 is 0 Å². The number of rotatable bonds is 4. The molecule has 23 heavy (non-hydrogen) atoms. The molecule has 0 bridgehead atoms. The van der Waals surface area contributed by atoms with Crippen molar-refractivity contribution in [3.8, 4) is 0 Å². The minimum Gasteiger partial charge on any atom is -0.444 e. The van der Waals surface area contributed by atoms with Gasteiger partial charge in [0.05, 0.1) is 11.2 Å². The molecule has 0 spiro atoms. The van der Waals surface area contributed by atoms with Crippen molar-refractivity contribution in [2.45, 2.75) is 46.3 Å². The van der Waals surface area contributed by atoms with Gasteiger partial charge in [0.1, 0.15) is 5.60 Å². The number of aryl methyl sites for hydroxylation is 1. The quantitative estimate of drug-likeness (QED) is 0.899. The molecule has 0 aliphatic carbocycles. The summed E-state index contributed by atoms with van der Waals surface area (Å²) in [7, 11) is 0. The summed E-state index contributed by atoms with van der Waals surface area (Å²) in [6, 6.07) is 10.1. The molecule has 2 rings (SSSR count). The van der Waals surface area contributed by atoms with Crippen molar-refractivity contribution in [1.29, 1.82) is 0 Å². The third-order valence-corrected chi connectivity index (χ3v) is 3.21. The highest BCUT2D eigenvalue weighted by atomic mass is 16.6. The first kappa shape index (κ1) is 17.1. The number of amides is 1. The minimum absolute atomic E-state index is 0.0513. The number of pyridine rings is 1. The monoisotopic (exact) mass is 315 g/mol. The van der Waals surface area contributed by atoms with Crippen molar-refractivity contribution < 1.29 is 9.53 Å². The van der Waals surface area contributed by atoms with Gasteiger partial charge >= 0.3 is 6.09 Å². The largest absolute Gasteiger partial charge is 0.444 e. The Kier molecular flexibility index (Phi) is 5.08. The number of para-hydroxylation sites is 1. The zero-order valence-corrected chi connectivity index (χ0v) is 14.4. The molecule has 0 saturated carbocycles. The van der Waals surface area contributed by atoms with Gasteiger partial charge in [0, 0.05) is 23.7 Å². The third kappa shape index (κ3) is 5.13. The molecule has 2 N–H and O–H groups in total. The van der Waals surface area contributed by atoms with Gasteiger partial charge in [-0.25, -0.2) is 4.79 Å². The Morgan fingerprint density at radius 2 is 2.00 bits per heavy atom. The second-order valence-corrected chi connectivity index (χ2v) is 6.76. The number of aromatic nitrogens is 1. The van der Waals surface area contributed by atoms with Gasteiger partial charge in [-0.05, 0) is 46.8 Å². The number of nitrogens with zero attached hydrogens (tertiary/aromatic N) is 1. The molecule has 2 aromatic rings. The fourth-order valence-electron chi connectivity index (χ4n) is 2.23. The van der Waals surface area contributed by atoms with E-state index in [0.717, 1.165) is 22.3 Å². The third-order valence-electron chi connectivity index (χ3n) is 3.21. The molecule has 124 valence electrons. The van der Waals surface area contributed by atoms with Crippen LogP contribution in [0.2, 0.25) is 0 Å². The lowest BCUT2D eigenvalue weighted by Gasteiger charge is -2.21. The lowest BCUT2D eigenvalue weighted by Crippen LogP contribution is -2.38. The van der Waals surface area contributed by atoms with Gasteiger partial charge in [0.15, 0.2) is 0 Å². The topological polar surface area (TPSA) is 63.2 Å². The summed E-state index contributed by atoms with van der Waals surface area (Å²) in [6.07, 6.45) is -0.405. The Bertz CT molecular complexity index is 692. The van der Waals surface area contributed by atoms with Crippen molar-refractivity contribution in [2.24, 2.45) is 0 Å². The van der Waals surface area contributed by atoms with Crippen LogP contribution in [0.4, 0.5) is 10.5 Å². The van der Waals surface area contributed by atoms with E-state index in [0.29, 0.717) is 6.54 Å². The van der Waals surface area contributed by atoms with Crippen molar-refractivity contribution in [3.63, 3.8) is 0 Å².